The van der Waals surface area contributed by atoms with Crippen molar-refractivity contribution in [3.8, 4) is 0 Å². The van der Waals surface area contributed by atoms with E-state index in [0.717, 1.165) is 34.0 Å². The Morgan fingerprint density at radius 3 is 2.60 bits per heavy atom. The van der Waals surface area contributed by atoms with E-state index in [1.165, 1.54) is 0 Å². The third kappa shape index (κ3) is 4.86. The lowest BCUT2D eigenvalue weighted by atomic mass is 10.1. The van der Waals surface area contributed by atoms with Gasteiger partial charge in [0.1, 0.15) is 0 Å². The van der Waals surface area contributed by atoms with Gasteiger partial charge in [-0.2, -0.15) is 0 Å². The van der Waals surface area contributed by atoms with Crippen molar-refractivity contribution >= 4 is 46.6 Å². The molecule has 1 fully saturated rings. The summed E-state index contributed by atoms with van der Waals surface area (Å²) in [6.45, 7) is 0.702. The fourth-order valence-corrected chi connectivity index (χ4v) is 4.46. The predicted molar refractivity (Wildman–Crippen MR) is 123 cm³/mol. The highest BCUT2D eigenvalue weighted by Gasteiger charge is 2.22. The highest BCUT2D eigenvalue weighted by atomic mass is 35.5. The maximum Gasteiger partial charge on any atom is 0.255 e. The van der Waals surface area contributed by atoms with Gasteiger partial charge >= 0.3 is 0 Å². The van der Waals surface area contributed by atoms with E-state index in [0.29, 0.717) is 23.6 Å². The molecule has 6 heteroatoms. The van der Waals surface area contributed by atoms with Crippen LogP contribution in [0.3, 0.4) is 0 Å². The number of halogens is 1. The summed E-state index contributed by atoms with van der Waals surface area (Å²) in [6.07, 6.45) is 1.42. The highest BCUT2D eigenvalue weighted by Crippen LogP contribution is 2.31. The minimum absolute atomic E-state index is 0.108. The molecule has 0 radical (unpaired) electrons. The summed E-state index contributed by atoms with van der Waals surface area (Å²) in [7, 11) is 0. The summed E-state index contributed by atoms with van der Waals surface area (Å²) >= 11 is 7.61. The normalized spacial score (nSPS) is 13.5. The summed E-state index contributed by atoms with van der Waals surface area (Å²) in [5.41, 5.74) is 3.23. The van der Waals surface area contributed by atoms with E-state index in [1.54, 1.807) is 28.8 Å². The topological polar surface area (TPSA) is 49.4 Å². The lowest BCUT2D eigenvalue weighted by Gasteiger charge is -2.17. The van der Waals surface area contributed by atoms with Crippen molar-refractivity contribution in [1.82, 2.24) is 0 Å². The SMILES string of the molecule is O=C(Nc1ccccc1SCc1ccc(Cl)cc1)c1cccc(N2CCCC2=O)c1. The number of hydrogen-bond donors (Lipinski definition) is 1. The van der Waals surface area contributed by atoms with Crippen LogP contribution in [-0.2, 0) is 10.5 Å². The molecule has 3 aromatic rings. The minimum atomic E-state index is -0.192. The molecule has 1 N–H and O–H groups in total. The van der Waals surface area contributed by atoms with Crippen molar-refractivity contribution in [2.24, 2.45) is 0 Å². The monoisotopic (exact) mass is 436 g/mol. The number of anilines is 2. The van der Waals surface area contributed by atoms with Crippen LogP contribution in [0.15, 0.2) is 77.7 Å². The van der Waals surface area contributed by atoms with Crippen molar-refractivity contribution in [3.05, 3.63) is 88.9 Å². The van der Waals surface area contributed by atoms with Crippen molar-refractivity contribution in [2.45, 2.75) is 23.5 Å². The Kier molecular flexibility index (Phi) is 6.41. The number of para-hydroxylation sites is 1. The van der Waals surface area contributed by atoms with Gasteiger partial charge < -0.3 is 10.2 Å². The number of carbonyl (C=O) groups is 2. The molecule has 0 aromatic heterocycles. The van der Waals surface area contributed by atoms with Gasteiger partial charge in [0.25, 0.3) is 5.91 Å². The van der Waals surface area contributed by atoms with E-state index in [2.05, 4.69) is 5.32 Å². The Hall–Kier alpha value is -2.76. The third-order valence-electron chi connectivity index (χ3n) is 4.94. The van der Waals surface area contributed by atoms with E-state index in [-0.39, 0.29) is 11.8 Å². The molecule has 0 unspecified atom stereocenters. The molecule has 0 atom stereocenters. The number of carbonyl (C=O) groups excluding carboxylic acids is 2. The highest BCUT2D eigenvalue weighted by molar-refractivity contribution is 7.98. The van der Waals surface area contributed by atoms with Crippen LogP contribution >= 0.6 is 23.4 Å². The van der Waals surface area contributed by atoms with Crippen molar-refractivity contribution in [2.75, 3.05) is 16.8 Å². The number of amides is 2. The predicted octanol–water partition coefficient (Wildman–Crippen LogP) is 6.01. The van der Waals surface area contributed by atoms with Crippen LogP contribution in [0.1, 0.15) is 28.8 Å². The molecule has 0 bridgehead atoms. The summed E-state index contributed by atoms with van der Waals surface area (Å²) in [6, 6.07) is 22.7. The van der Waals surface area contributed by atoms with Crippen LogP contribution in [0.2, 0.25) is 5.02 Å². The number of hydrogen-bond acceptors (Lipinski definition) is 3. The molecule has 2 amide bonds. The van der Waals surface area contributed by atoms with Crippen molar-refractivity contribution in [3.63, 3.8) is 0 Å². The average molecular weight is 437 g/mol. The van der Waals surface area contributed by atoms with Crippen LogP contribution in [0.5, 0.6) is 0 Å². The molecule has 0 saturated carbocycles. The Labute approximate surface area is 185 Å². The standard InChI is InChI=1S/C24H21ClN2O2S/c25-19-12-10-17(11-13-19)16-30-22-8-2-1-7-21(22)26-24(29)18-5-3-6-20(15-18)27-14-4-9-23(27)28/h1-3,5-8,10-13,15H,4,9,14,16H2,(H,26,29). The van der Waals surface area contributed by atoms with E-state index < -0.39 is 0 Å². The number of benzene rings is 3. The molecule has 4 nitrogen and oxygen atoms in total. The van der Waals surface area contributed by atoms with Gasteiger partial charge in [-0.1, -0.05) is 41.9 Å². The first-order valence-electron chi connectivity index (χ1n) is 9.78. The van der Waals surface area contributed by atoms with Gasteiger partial charge in [0, 0.05) is 39.9 Å². The average Bonchev–Trinajstić information content (AvgIpc) is 3.20. The fourth-order valence-electron chi connectivity index (χ4n) is 3.37. The third-order valence-corrected chi connectivity index (χ3v) is 6.33. The zero-order chi connectivity index (χ0) is 20.9. The molecule has 1 aliphatic heterocycles. The van der Waals surface area contributed by atoms with E-state index >= 15 is 0 Å². The molecule has 1 heterocycles. The van der Waals surface area contributed by atoms with Gasteiger partial charge in [-0.25, -0.2) is 0 Å². The first-order chi connectivity index (χ1) is 14.6. The molecule has 1 aliphatic rings. The van der Waals surface area contributed by atoms with Crippen molar-refractivity contribution in [1.29, 1.82) is 0 Å². The number of nitrogens with zero attached hydrogens (tertiary/aromatic N) is 1. The molecule has 30 heavy (non-hydrogen) atoms. The van der Waals surface area contributed by atoms with Gasteiger partial charge in [-0.05, 0) is 54.4 Å². The summed E-state index contributed by atoms with van der Waals surface area (Å²) in [5.74, 6) is 0.691. The lowest BCUT2D eigenvalue weighted by Crippen LogP contribution is -2.24. The Morgan fingerprint density at radius 1 is 1.03 bits per heavy atom. The van der Waals surface area contributed by atoms with E-state index in [9.17, 15) is 9.59 Å². The van der Waals surface area contributed by atoms with E-state index in [1.807, 2.05) is 60.7 Å². The van der Waals surface area contributed by atoms with Crippen LogP contribution in [0, 0.1) is 0 Å². The molecule has 3 aromatic carbocycles. The zero-order valence-electron chi connectivity index (χ0n) is 16.3. The molecular formula is C24H21ClN2O2S. The molecule has 1 saturated heterocycles. The van der Waals surface area contributed by atoms with Crippen molar-refractivity contribution < 1.29 is 9.59 Å². The lowest BCUT2D eigenvalue weighted by molar-refractivity contribution is -0.117. The zero-order valence-corrected chi connectivity index (χ0v) is 17.9. The summed E-state index contributed by atoms with van der Waals surface area (Å²) in [4.78, 5) is 27.6. The molecule has 0 spiro atoms. The first kappa shape index (κ1) is 20.5. The molecule has 152 valence electrons. The maximum absolute atomic E-state index is 12.9. The summed E-state index contributed by atoms with van der Waals surface area (Å²) in [5, 5.41) is 3.73. The Balaban J connectivity index is 1.47. The molecular weight excluding hydrogens is 416 g/mol. The largest absolute Gasteiger partial charge is 0.321 e. The smallest absolute Gasteiger partial charge is 0.255 e. The second-order valence-corrected chi connectivity index (χ2v) is 8.52. The van der Waals surface area contributed by atoms with E-state index in [4.69, 9.17) is 11.6 Å². The van der Waals surface area contributed by atoms with Gasteiger partial charge in [0.2, 0.25) is 5.91 Å². The Bertz CT molecular complexity index is 1070. The molecule has 0 aliphatic carbocycles. The first-order valence-corrected chi connectivity index (χ1v) is 11.1. The fraction of sp³-hybridized carbons (Fsp3) is 0.167. The minimum Gasteiger partial charge on any atom is -0.321 e. The quantitative estimate of drug-likeness (QED) is 0.481. The second-order valence-electron chi connectivity index (χ2n) is 7.06. The van der Waals surface area contributed by atoms with Crippen LogP contribution in [-0.4, -0.2) is 18.4 Å². The number of nitrogens with one attached hydrogen (secondary N) is 1. The van der Waals surface area contributed by atoms with Crippen LogP contribution < -0.4 is 10.2 Å². The maximum atomic E-state index is 12.9. The second kappa shape index (κ2) is 9.37. The van der Waals surface area contributed by atoms with Gasteiger partial charge in [0.15, 0.2) is 0 Å². The van der Waals surface area contributed by atoms with Crippen LogP contribution in [0.25, 0.3) is 0 Å². The van der Waals surface area contributed by atoms with Gasteiger partial charge in [-0.3, -0.25) is 9.59 Å². The number of rotatable bonds is 6. The van der Waals surface area contributed by atoms with Gasteiger partial charge in [-0.15, -0.1) is 11.8 Å². The number of thioether (sulfide) groups is 1. The van der Waals surface area contributed by atoms with Gasteiger partial charge in [0.05, 0.1) is 5.69 Å². The Morgan fingerprint density at radius 2 is 1.83 bits per heavy atom. The van der Waals surface area contributed by atoms with Crippen LogP contribution in [0.4, 0.5) is 11.4 Å². The summed E-state index contributed by atoms with van der Waals surface area (Å²) < 4.78 is 0. The molecule has 4 rings (SSSR count).